The quantitative estimate of drug-likeness (QED) is 0.574. The highest BCUT2D eigenvalue weighted by Gasteiger charge is 2.51. The van der Waals surface area contributed by atoms with Crippen molar-refractivity contribution in [2.24, 2.45) is 5.92 Å². The predicted octanol–water partition coefficient (Wildman–Crippen LogP) is 4.20. The number of ether oxygens (including phenoxy) is 1. The molecule has 1 saturated carbocycles. The first kappa shape index (κ1) is 15.5. The molecule has 1 heterocycles. The summed E-state index contributed by atoms with van der Waals surface area (Å²) >= 11 is 3.35. The molecule has 20 heavy (non-hydrogen) atoms. The molecule has 0 bridgehead atoms. The second-order valence-electron chi connectivity index (χ2n) is 6.20. The fourth-order valence-electron chi connectivity index (χ4n) is 3.04. The zero-order valence-corrected chi connectivity index (χ0v) is 14.0. The predicted molar refractivity (Wildman–Crippen MR) is 82.8 cm³/mol. The van der Waals surface area contributed by atoms with Gasteiger partial charge in [-0.05, 0) is 57.2 Å². The maximum absolute atomic E-state index is 12.7. The Hall–Kier alpha value is -0.870. The van der Waals surface area contributed by atoms with E-state index in [9.17, 15) is 9.90 Å². The lowest BCUT2D eigenvalue weighted by atomic mass is 9.76. The third-order valence-corrected chi connectivity index (χ3v) is 4.45. The molecule has 4 heteroatoms. The molecule has 0 aromatic heterocycles. The topological polar surface area (TPSA) is 46.5 Å². The number of carbonyl (C=O) groups is 1. The molecule has 110 valence electrons. The number of aliphatic hydroxyl groups is 1. The largest absolute Gasteiger partial charge is 0.508 e. The molecule has 2 fully saturated rings. The summed E-state index contributed by atoms with van der Waals surface area (Å²) in [4.78, 5) is 14.5. The van der Waals surface area contributed by atoms with Crippen LogP contribution in [0.3, 0.4) is 0 Å². The molecule has 1 saturated heterocycles. The minimum atomic E-state index is -0.434. The fourth-order valence-corrected chi connectivity index (χ4v) is 3.87. The second-order valence-corrected chi connectivity index (χ2v) is 6.65. The van der Waals surface area contributed by atoms with E-state index in [-0.39, 0.29) is 23.6 Å². The first-order chi connectivity index (χ1) is 9.27. The summed E-state index contributed by atoms with van der Waals surface area (Å²) in [5.41, 5.74) is 2.02. The maximum Gasteiger partial charge on any atom is 0.172 e. The number of ketones is 1. The highest BCUT2D eigenvalue weighted by Crippen LogP contribution is 2.47. The Balaban J connectivity index is 2.41. The van der Waals surface area contributed by atoms with Crippen molar-refractivity contribution in [3.8, 4) is 0 Å². The Morgan fingerprint density at radius 1 is 1.45 bits per heavy atom. The molecule has 2 rings (SSSR count). The number of halogens is 1. The molecule has 3 nitrogen and oxygen atoms in total. The van der Waals surface area contributed by atoms with Crippen molar-refractivity contribution in [1.82, 2.24) is 0 Å². The Labute approximate surface area is 128 Å². The minimum absolute atomic E-state index is 0.00692. The van der Waals surface area contributed by atoms with E-state index in [2.05, 4.69) is 15.9 Å². The molecule has 0 radical (unpaired) electrons. The van der Waals surface area contributed by atoms with Gasteiger partial charge in [0.05, 0.1) is 17.6 Å². The van der Waals surface area contributed by atoms with Crippen LogP contribution in [0.4, 0.5) is 0 Å². The first-order valence-electron chi connectivity index (χ1n) is 6.87. The van der Waals surface area contributed by atoms with Gasteiger partial charge in [0.1, 0.15) is 5.76 Å². The van der Waals surface area contributed by atoms with E-state index in [0.717, 1.165) is 17.6 Å². The van der Waals surface area contributed by atoms with Crippen molar-refractivity contribution >= 4 is 21.7 Å². The van der Waals surface area contributed by atoms with Gasteiger partial charge in [-0.3, -0.25) is 4.79 Å². The molecule has 0 aromatic rings. The van der Waals surface area contributed by atoms with E-state index in [0.29, 0.717) is 12.0 Å². The summed E-state index contributed by atoms with van der Waals surface area (Å²) in [6, 6.07) is 0. The summed E-state index contributed by atoms with van der Waals surface area (Å²) < 4.78 is 6.00. The smallest absolute Gasteiger partial charge is 0.172 e. The van der Waals surface area contributed by atoms with Crippen LogP contribution >= 0.6 is 15.9 Å². The van der Waals surface area contributed by atoms with Crippen LogP contribution in [0.1, 0.15) is 40.5 Å². The van der Waals surface area contributed by atoms with E-state index in [1.165, 1.54) is 0 Å². The molecule has 0 spiro atoms. The van der Waals surface area contributed by atoms with Gasteiger partial charge in [-0.25, -0.2) is 0 Å². The van der Waals surface area contributed by atoms with E-state index < -0.39 is 5.60 Å². The zero-order chi connectivity index (χ0) is 15.1. The van der Waals surface area contributed by atoms with E-state index in [1.807, 2.05) is 27.7 Å². The standard InChI is InChI=1S/C16H21BrO3/c1-9(2)7-12(18)10-5-6-13-14(15(10)19)11(8-17)16(3,4)20-13/h7-8,13-14,18H,5-6H2,1-4H3/b11-8+,12-10+/t13-,14-/m0/s1. The molecule has 0 unspecified atom stereocenters. The number of hydrogen-bond acceptors (Lipinski definition) is 3. The van der Waals surface area contributed by atoms with Gasteiger partial charge in [0.25, 0.3) is 0 Å². The molecule has 1 N–H and O–H groups in total. The van der Waals surface area contributed by atoms with Crippen molar-refractivity contribution in [2.75, 3.05) is 0 Å². The molecule has 2 atom stereocenters. The number of allylic oxidation sites excluding steroid dienone is 3. The van der Waals surface area contributed by atoms with Crippen molar-refractivity contribution in [2.45, 2.75) is 52.2 Å². The second kappa shape index (κ2) is 5.49. The van der Waals surface area contributed by atoms with Gasteiger partial charge < -0.3 is 9.84 Å². The first-order valence-corrected chi connectivity index (χ1v) is 7.79. The van der Waals surface area contributed by atoms with Gasteiger partial charge in [0, 0.05) is 5.57 Å². The number of rotatable bonds is 1. The van der Waals surface area contributed by atoms with Crippen LogP contribution < -0.4 is 0 Å². The molecule has 1 aliphatic heterocycles. The SMILES string of the molecule is CC(C)=C/C(O)=C1/CC[C@@H]2OC(C)(C)/C(=C/Br)[C@@H]2C1=O. The van der Waals surface area contributed by atoms with E-state index >= 15 is 0 Å². The van der Waals surface area contributed by atoms with Gasteiger partial charge in [0.15, 0.2) is 5.78 Å². The maximum atomic E-state index is 12.7. The van der Waals surface area contributed by atoms with Crippen LogP contribution in [0.15, 0.2) is 33.5 Å². The van der Waals surface area contributed by atoms with E-state index in [4.69, 9.17) is 4.74 Å². The Bertz CT molecular complexity index is 522. The van der Waals surface area contributed by atoms with E-state index in [1.54, 1.807) is 11.1 Å². The Morgan fingerprint density at radius 3 is 2.65 bits per heavy atom. The van der Waals surface area contributed by atoms with Gasteiger partial charge in [0.2, 0.25) is 0 Å². The van der Waals surface area contributed by atoms with Gasteiger partial charge >= 0.3 is 0 Å². The zero-order valence-electron chi connectivity index (χ0n) is 12.4. The summed E-state index contributed by atoms with van der Waals surface area (Å²) in [6.07, 6.45) is 2.91. The molecular weight excluding hydrogens is 320 g/mol. The third-order valence-electron chi connectivity index (χ3n) is 3.96. The van der Waals surface area contributed by atoms with Gasteiger partial charge in [-0.2, -0.15) is 0 Å². The average Bonchev–Trinajstić information content (AvgIpc) is 2.58. The van der Waals surface area contributed by atoms with Crippen LogP contribution in [0.5, 0.6) is 0 Å². The lowest BCUT2D eigenvalue weighted by molar-refractivity contribution is -0.122. The summed E-state index contributed by atoms with van der Waals surface area (Å²) in [5, 5.41) is 10.1. The lowest BCUT2D eigenvalue weighted by Crippen LogP contribution is -2.32. The van der Waals surface area contributed by atoms with Gasteiger partial charge in [-0.15, -0.1) is 0 Å². The summed E-state index contributed by atoms with van der Waals surface area (Å²) in [5.74, 6) is -0.180. The number of aliphatic hydroxyl groups excluding tert-OH is 1. The Morgan fingerprint density at radius 2 is 2.10 bits per heavy atom. The van der Waals surface area contributed by atoms with Crippen LogP contribution in [-0.4, -0.2) is 22.6 Å². The molecule has 0 amide bonds. The van der Waals surface area contributed by atoms with Crippen molar-refractivity contribution < 1.29 is 14.6 Å². The van der Waals surface area contributed by atoms with Crippen molar-refractivity contribution in [3.05, 3.63) is 33.5 Å². The lowest BCUT2D eigenvalue weighted by Gasteiger charge is -2.25. The fraction of sp³-hybridized carbons (Fsp3) is 0.562. The highest BCUT2D eigenvalue weighted by atomic mass is 79.9. The van der Waals surface area contributed by atoms with Crippen LogP contribution in [0, 0.1) is 5.92 Å². The van der Waals surface area contributed by atoms with Crippen molar-refractivity contribution in [1.29, 1.82) is 0 Å². The molecule has 1 aliphatic carbocycles. The van der Waals surface area contributed by atoms with Crippen LogP contribution in [0.25, 0.3) is 0 Å². The van der Waals surface area contributed by atoms with Gasteiger partial charge in [-0.1, -0.05) is 21.5 Å². The third kappa shape index (κ3) is 2.63. The highest BCUT2D eigenvalue weighted by molar-refractivity contribution is 9.11. The Kier molecular flexibility index (Phi) is 4.26. The van der Waals surface area contributed by atoms with Crippen molar-refractivity contribution in [3.63, 3.8) is 0 Å². The summed E-state index contributed by atoms with van der Waals surface area (Å²) in [6.45, 7) is 7.76. The number of fused-ring (bicyclic) bond motifs is 1. The average molecular weight is 341 g/mol. The molecule has 0 aromatic carbocycles. The number of carbonyl (C=O) groups excluding carboxylic acids is 1. The number of hydrogen-bond donors (Lipinski definition) is 1. The monoisotopic (exact) mass is 340 g/mol. The normalized spacial score (nSPS) is 33.0. The van der Waals surface area contributed by atoms with Crippen LogP contribution in [0.2, 0.25) is 0 Å². The van der Waals surface area contributed by atoms with Crippen LogP contribution in [-0.2, 0) is 9.53 Å². The molecule has 2 aliphatic rings. The number of Topliss-reactive ketones (excluding diaryl/α,β-unsaturated/α-hetero) is 1. The molecular formula is C16H21BrO3. The minimum Gasteiger partial charge on any atom is -0.508 e. The summed E-state index contributed by atoms with van der Waals surface area (Å²) in [7, 11) is 0.